The second-order valence-electron chi connectivity index (χ2n) is 6.84. The van der Waals surface area contributed by atoms with Crippen LogP contribution in [0.4, 0.5) is 15.8 Å². The summed E-state index contributed by atoms with van der Waals surface area (Å²) >= 11 is 0. The molecule has 0 saturated heterocycles. The number of benzene rings is 3. The number of fused-ring (bicyclic) bond motifs is 1. The van der Waals surface area contributed by atoms with Crippen LogP contribution < -0.4 is 10.2 Å². The van der Waals surface area contributed by atoms with Crippen LogP contribution in [0.5, 0.6) is 0 Å². The van der Waals surface area contributed by atoms with Gasteiger partial charge in [0.05, 0.1) is 0 Å². The number of hydrogen-bond acceptors (Lipinski definition) is 2. The molecule has 5 heteroatoms. The third-order valence-electron chi connectivity index (χ3n) is 4.96. The zero-order valence-electron chi connectivity index (χ0n) is 15.4. The molecule has 1 aliphatic rings. The zero-order valence-corrected chi connectivity index (χ0v) is 15.4. The lowest BCUT2D eigenvalue weighted by Crippen LogP contribution is -2.45. The second-order valence-corrected chi connectivity index (χ2v) is 6.84. The lowest BCUT2D eigenvalue weighted by Gasteiger charge is -2.25. The summed E-state index contributed by atoms with van der Waals surface area (Å²) in [6.07, 6.45) is 0.431. The number of carbonyl (C=O) groups excluding carboxylic acids is 2. The first kappa shape index (κ1) is 17.9. The second kappa shape index (κ2) is 7.27. The molecule has 0 spiro atoms. The Kier molecular flexibility index (Phi) is 4.65. The van der Waals surface area contributed by atoms with E-state index in [1.165, 1.54) is 18.2 Å². The molecule has 28 heavy (non-hydrogen) atoms. The Morgan fingerprint density at radius 1 is 1.00 bits per heavy atom. The van der Waals surface area contributed by atoms with E-state index in [4.69, 9.17) is 0 Å². The minimum Gasteiger partial charge on any atom is -0.324 e. The maximum Gasteiger partial charge on any atom is 0.259 e. The fourth-order valence-corrected chi connectivity index (χ4v) is 3.55. The van der Waals surface area contributed by atoms with Gasteiger partial charge in [0.1, 0.15) is 11.9 Å². The Bertz CT molecular complexity index is 1050. The summed E-state index contributed by atoms with van der Waals surface area (Å²) in [6, 6.07) is 20.0. The molecule has 0 fully saturated rings. The molecule has 3 aromatic carbocycles. The molecule has 0 aliphatic carbocycles. The number of aryl methyl sites for hydroxylation is 1. The molecule has 2 amide bonds. The van der Waals surface area contributed by atoms with Crippen molar-refractivity contribution in [3.05, 3.63) is 95.3 Å². The zero-order chi connectivity index (χ0) is 19.7. The van der Waals surface area contributed by atoms with Crippen LogP contribution in [0.1, 0.15) is 21.5 Å². The maximum atomic E-state index is 13.4. The molecule has 0 radical (unpaired) electrons. The van der Waals surface area contributed by atoms with Gasteiger partial charge >= 0.3 is 0 Å². The molecule has 4 nitrogen and oxygen atoms in total. The molecule has 3 aromatic rings. The average Bonchev–Trinajstić information content (AvgIpc) is 3.10. The molecule has 0 unspecified atom stereocenters. The normalized spacial score (nSPS) is 15.2. The van der Waals surface area contributed by atoms with Gasteiger partial charge in [-0.3, -0.25) is 14.5 Å². The van der Waals surface area contributed by atoms with Gasteiger partial charge in [-0.05, 0) is 54.4 Å². The lowest BCUT2D eigenvalue weighted by molar-refractivity contribution is -0.117. The van der Waals surface area contributed by atoms with Crippen molar-refractivity contribution in [2.24, 2.45) is 0 Å². The third-order valence-corrected chi connectivity index (χ3v) is 4.96. The standard InChI is InChI=1S/C23H19FN2O2/c1-15-13-18(24)11-12-19(15)25-22(27)21-14-17-9-5-6-10-20(17)26(21)23(28)16-7-3-2-4-8-16/h2-13,21H,14H2,1H3,(H,25,27)/t21-/m0/s1. The fourth-order valence-electron chi connectivity index (χ4n) is 3.55. The highest BCUT2D eigenvalue weighted by atomic mass is 19.1. The van der Waals surface area contributed by atoms with E-state index in [0.29, 0.717) is 23.2 Å². The quantitative estimate of drug-likeness (QED) is 0.741. The average molecular weight is 374 g/mol. The van der Waals surface area contributed by atoms with E-state index in [0.717, 1.165) is 11.3 Å². The molecule has 1 heterocycles. The number of nitrogens with zero attached hydrogens (tertiary/aromatic N) is 1. The van der Waals surface area contributed by atoms with Gasteiger partial charge in [0.25, 0.3) is 5.91 Å². The minimum atomic E-state index is -0.672. The summed E-state index contributed by atoms with van der Waals surface area (Å²) in [7, 11) is 0. The van der Waals surface area contributed by atoms with Crippen molar-refractivity contribution < 1.29 is 14.0 Å². The summed E-state index contributed by atoms with van der Waals surface area (Å²) in [4.78, 5) is 27.8. The van der Waals surface area contributed by atoms with Crippen molar-refractivity contribution in [1.82, 2.24) is 0 Å². The van der Waals surface area contributed by atoms with Gasteiger partial charge in [0, 0.05) is 23.4 Å². The minimum absolute atomic E-state index is 0.221. The summed E-state index contributed by atoms with van der Waals surface area (Å²) in [5.74, 6) is -0.874. The number of carbonyl (C=O) groups is 2. The molecule has 0 aromatic heterocycles. The van der Waals surface area contributed by atoms with Gasteiger partial charge in [-0.15, -0.1) is 0 Å². The van der Waals surface area contributed by atoms with Crippen molar-refractivity contribution in [3.8, 4) is 0 Å². The smallest absolute Gasteiger partial charge is 0.259 e. The SMILES string of the molecule is Cc1cc(F)ccc1NC(=O)[C@@H]1Cc2ccccc2N1C(=O)c1ccccc1. The van der Waals surface area contributed by atoms with Crippen molar-refractivity contribution in [1.29, 1.82) is 0 Å². The van der Waals surface area contributed by atoms with Crippen LogP contribution in [0.2, 0.25) is 0 Å². The maximum absolute atomic E-state index is 13.4. The molecule has 1 atom stereocenters. The highest BCUT2D eigenvalue weighted by Crippen LogP contribution is 2.34. The van der Waals surface area contributed by atoms with Crippen molar-refractivity contribution >= 4 is 23.2 Å². The predicted molar refractivity (Wildman–Crippen MR) is 107 cm³/mol. The Balaban J connectivity index is 1.67. The Morgan fingerprint density at radius 2 is 1.71 bits per heavy atom. The fraction of sp³-hybridized carbons (Fsp3) is 0.130. The van der Waals surface area contributed by atoms with E-state index in [1.54, 1.807) is 36.1 Å². The Labute approximate surface area is 162 Å². The summed E-state index contributed by atoms with van der Waals surface area (Å²) < 4.78 is 13.4. The van der Waals surface area contributed by atoms with Crippen molar-refractivity contribution in [2.75, 3.05) is 10.2 Å². The Hall–Kier alpha value is -3.47. The highest BCUT2D eigenvalue weighted by Gasteiger charge is 2.38. The predicted octanol–water partition coefficient (Wildman–Crippen LogP) is 4.34. The number of anilines is 2. The van der Waals surface area contributed by atoms with Crippen LogP contribution >= 0.6 is 0 Å². The van der Waals surface area contributed by atoms with Crippen LogP contribution in [0, 0.1) is 12.7 Å². The number of nitrogens with one attached hydrogen (secondary N) is 1. The molecule has 1 aliphatic heterocycles. The van der Waals surface area contributed by atoms with Gasteiger partial charge in [-0.1, -0.05) is 36.4 Å². The molecular weight excluding hydrogens is 355 g/mol. The van der Waals surface area contributed by atoms with Crippen LogP contribution in [0.3, 0.4) is 0 Å². The largest absolute Gasteiger partial charge is 0.324 e. The van der Waals surface area contributed by atoms with E-state index < -0.39 is 6.04 Å². The van der Waals surface area contributed by atoms with Crippen LogP contribution in [-0.2, 0) is 11.2 Å². The van der Waals surface area contributed by atoms with E-state index in [1.807, 2.05) is 30.3 Å². The number of para-hydroxylation sites is 1. The summed E-state index contributed by atoms with van der Waals surface area (Å²) in [6.45, 7) is 1.73. The van der Waals surface area contributed by atoms with Crippen LogP contribution in [0.25, 0.3) is 0 Å². The van der Waals surface area contributed by atoms with Crippen molar-refractivity contribution in [2.45, 2.75) is 19.4 Å². The number of halogens is 1. The van der Waals surface area contributed by atoms with Crippen LogP contribution in [0.15, 0.2) is 72.8 Å². The number of hydrogen-bond donors (Lipinski definition) is 1. The van der Waals surface area contributed by atoms with Gasteiger partial charge in [-0.25, -0.2) is 4.39 Å². The van der Waals surface area contributed by atoms with Crippen LogP contribution in [-0.4, -0.2) is 17.9 Å². The third kappa shape index (κ3) is 3.27. The summed E-state index contributed by atoms with van der Waals surface area (Å²) in [5, 5.41) is 2.85. The first-order valence-electron chi connectivity index (χ1n) is 9.08. The summed E-state index contributed by atoms with van der Waals surface area (Å²) in [5.41, 5.74) is 3.38. The van der Waals surface area contributed by atoms with E-state index >= 15 is 0 Å². The first-order valence-corrected chi connectivity index (χ1v) is 9.08. The number of amides is 2. The number of rotatable bonds is 3. The molecule has 0 bridgehead atoms. The molecular formula is C23H19FN2O2. The monoisotopic (exact) mass is 374 g/mol. The van der Waals surface area contributed by atoms with E-state index in [-0.39, 0.29) is 17.6 Å². The van der Waals surface area contributed by atoms with E-state index in [9.17, 15) is 14.0 Å². The molecule has 140 valence electrons. The molecule has 1 N–H and O–H groups in total. The van der Waals surface area contributed by atoms with E-state index in [2.05, 4.69) is 5.32 Å². The first-order chi connectivity index (χ1) is 13.5. The van der Waals surface area contributed by atoms with Gasteiger partial charge in [0.2, 0.25) is 5.91 Å². The lowest BCUT2D eigenvalue weighted by atomic mass is 10.1. The van der Waals surface area contributed by atoms with Gasteiger partial charge < -0.3 is 5.32 Å². The molecule has 0 saturated carbocycles. The molecule has 4 rings (SSSR count). The van der Waals surface area contributed by atoms with Crippen molar-refractivity contribution in [3.63, 3.8) is 0 Å². The Morgan fingerprint density at radius 3 is 2.46 bits per heavy atom. The van der Waals surface area contributed by atoms with Gasteiger partial charge in [-0.2, -0.15) is 0 Å². The topological polar surface area (TPSA) is 49.4 Å². The van der Waals surface area contributed by atoms with Gasteiger partial charge in [0.15, 0.2) is 0 Å². The highest BCUT2D eigenvalue weighted by molar-refractivity contribution is 6.13.